The van der Waals surface area contributed by atoms with Crippen molar-refractivity contribution in [1.29, 1.82) is 0 Å². The molecule has 0 saturated heterocycles. The number of benzene rings is 3. The molecule has 2 amide bonds. The molecule has 1 saturated carbocycles. The van der Waals surface area contributed by atoms with Crippen LogP contribution in [-0.4, -0.2) is 50.9 Å². The number of nitrogens with one attached hydrogen (secondary N) is 1. The van der Waals surface area contributed by atoms with Gasteiger partial charge in [0.05, 0.1) is 22.7 Å². The molecule has 1 atom stereocenters. The van der Waals surface area contributed by atoms with Crippen LogP contribution in [0.2, 0.25) is 5.02 Å². The Morgan fingerprint density at radius 1 is 1.05 bits per heavy atom. The van der Waals surface area contributed by atoms with E-state index in [9.17, 15) is 22.4 Å². The van der Waals surface area contributed by atoms with Crippen molar-refractivity contribution < 1.29 is 27.1 Å². The second-order valence-corrected chi connectivity index (χ2v) is 12.5. The van der Waals surface area contributed by atoms with Crippen molar-refractivity contribution in [1.82, 2.24) is 10.2 Å². The largest absolute Gasteiger partial charge is 0.495 e. The first-order valence-corrected chi connectivity index (χ1v) is 15.7. The number of amides is 2. The molecule has 0 bridgehead atoms. The molecule has 224 valence electrons. The zero-order valence-corrected chi connectivity index (χ0v) is 25.2. The molecule has 3 aromatic carbocycles. The average Bonchev–Trinajstić information content (AvgIpc) is 3.50. The fraction of sp³-hybridized carbons (Fsp3) is 0.355. The molecule has 4 rings (SSSR count). The maximum Gasteiger partial charge on any atom is 0.264 e. The van der Waals surface area contributed by atoms with E-state index in [1.54, 1.807) is 37.3 Å². The predicted octanol–water partition coefficient (Wildman–Crippen LogP) is 5.55. The molecular weight excluding hydrogens is 581 g/mol. The number of ether oxygens (including phenoxy) is 1. The van der Waals surface area contributed by atoms with Crippen molar-refractivity contribution in [3.8, 4) is 5.75 Å². The van der Waals surface area contributed by atoms with Crippen LogP contribution in [0.5, 0.6) is 5.75 Å². The summed E-state index contributed by atoms with van der Waals surface area (Å²) in [5.74, 6) is -0.987. The van der Waals surface area contributed by atoms with Crippen LogP contribution in [0.4, 0.5) is 10.1 Å². The van der Waals surface area contributed by atoms with E-state index in [0.717, 1.165) is 30.0 Å². The quantitative estimate of drug-likeness (QED) is 0.288. The number of carbonyl (C=O) groups excluding carboxylic acids is 2. The van der Waals surface area contributed by atoms with Crippen LogP contribution >= 0.6 is 11.6 Å². The van der Waals surface area contributed by atoms with Crippen molar-refractivity contribution in [2.45, 2.75) is 62.6 Å². The molecule has 42 heavy (non-hydrogen) atoms. The molecule has 1 fully saturated rings. The van der Waals surface area contributed by atoms with Crippen molar-refractivity contribution in [2.75, 3.05) is 18.0 Å². The molecule has 0 unspecified atom stereocenters. The highest BCUT2D eigenvalue weighted by Gasteiger charge is 2.34. The Bertz CT molecular complexity index is 1480. The van der Waals surface area contributed by atoms with Crippen LogP contribution in [0.1, 0.15) is 44.6 Å². The lowest BCUT2D eigenvalue weighted by Gasteiger charge is -2.34. The highest BCUT2D eigenvalue weighted by molar-refractivity contribution is 7.92. The molecule has 0 aromatic heterocycles. The van der Waals surface area contributed by atoms with Crippen LogP contribution in [-0.2, 0) is 26.2 Å². The van der Waals surface area contributed by atoms with E-state index in [1.807, 2.05) is 0 Å². The van der Waals surface area contributed by atoms with E-state index < -0.39 is 34.3 Å². The van der Waals surface area contributed by atoms with Crippen LogP contribution in [0.3, 0.4) is 0 Å². The molecule has 8 nitrogen and oxygen atoms in total. The third-order valence-electron chi connectivity index (χ3n) is 7.39. The zero-order chi connectivity index (χ0) is 30.3. The van der Waals surface area contributed by atoms with Gasteiger partial charge in [-0.1, -0.05) is 61.7 Å². The van der Waals surface area contributed by atoms with E-state index in [-0.39, 0.29) is 34.1 Å². The summed E-state index contributed by atoms with van der Waals surface area (Å²) in [5, 5.41) is 3.23. The molecule has 11 heteroatoms. The second kappa shape index (κ2) is 14.0. The average molecular weight is 616 g/mol. The van der Waals surface area contributed by atoms with Gasteiger partial charge in [-0.3, -0.25) is 13.9 Å². The minimum atomic E-state index is -4.23. The molecule has 1 N–H and O–H groups in total. The van der Waals surface area contributed by atoms with E-state index in [1.165, 1.54) is 54.5 Å². The van der Waals surface area contributed by atoms with Gasteiger partial charge in [0.1, 0.15) is 24.2 Å². The lowest BCUT2D eigenvalue weighted by atomic mass is 10.1. The number of nitrogens with zero attached hydrogens (tertiary/aromatic N) is 2. The number of methoxy groups -OCH3 is 1. The Morgan fingerprint density at radius 3 is 2.31 bits per heavy atom. The summed E-state index contributed by atoms with van der Waals surface area (Å²) in [6, 6.07) is 17.0. The van der Waals surface area contributed by atoms with Crippen LogP contribution < -0.4 is 14.4 Å². The maximum absolute atomic E-state index is 14.1. The number of sulfonamides is 1. The Balaban J connectivity index is 1.72. The number of hydrogen-bond acceptors (Lipinski definition) is 5. The first kappa shape index (κ1) is 31.3. The molecule has 0 heterocycles. The normalized spacial score (nSPS) is 14.3. The van der Waals surface area contributed by atoms with Gasteiger partial charge >= 0.3 is 0 Å². The molecule has 0 aliphatic heterocycles. The van der Waals surface area contributed by atoms with E-state index in [0.29, 0.717) is 17.7 Å². The van der Waals surface area contributed by atoms with Crippen LogP contribution in [0, 0.1) is 5.82 Å². The number of rotatable bonds is 12. The summed E-state index contributed by atoms with van der Waals surface area (Å²) in [6.45, 7) is 1.18. The Labute approximate surface area is 251 Å². The van der Waals surface area contributed by atoms with Gasteiger partial charge in [-0.2, -0.15) is 0 Å². The fourth-order valence-corrected chi connectivity index (χ4v) is 6.81. The van der Waals surface area contributed by atoms with E-state index in [4.69, 9.17) is 16.3 Å². The summed E-state index contributed by atoms with van der Waals surface area (Å²) in [5.41, 5.74) is 0.755. The third kappa shape index (κ3) is 7.41. The van der Waals surface area contributed by atoms with Crippen LogP contribution in [0.25, 0.3) is 0 Å². The van der Waals surface area contributed by atoms with Crippen molar-refractivity contribution in [3.05, 3.63) is 89.2 Å². The Hall–Kier alpha value is -3.63. The first-order chi connectivity index (χ1) is 20.1. The minimum absolute atomic E-state index is 0.0131. The lowest BCUT2D eigenvalue weighted by Crippen LogP contribution is -2.53. The van der Waals surface area contributed by atoms with Gasteiger partial charge in [-0.25, -0.2) is 12.8 Å². The molecule has 0 radical (unpaired) electrons. The summed E-state index contributed by atoms with van der Waals surface area (Å²) in [4.78, 5) is 29.0. The number of anilines is 1. The molecular formula is C31H35ClFN3O5S. The summed E-state index contributed by atoms with van der Waals surface area (Å²) in [6.07, 6.45) is 4.09. The van der Waals surface area contributed by atoms with Gasteiger partial charge in [-0.05, 0) is 67.3 Å². The number of hydrogen-bond donors (Lipinski definition) is 1. The summed E-state index contributed by atoms with van der Waals surface area (Å²) in [7, 11) is -2.79. The summed E-state index contributed by atoms with van der Waals surface area (Å²) < 4.78 is 47.7. The van der Waals surface area contributed by atoms with Gasteiger partial charge in [0.2, 0.25) is 11.8 Å². The van der Waals surface area contributed by atoms with Gasteiger partial charge in [0.15, 0.2) is 0 Å². The highest BCUT2D eigenvalue weighted by atomic mass is 35.5. The molecule has 3 aromatic rings. The minimum Gasteiger partial charge on any atom is -0.495 e. The van der Waals surface area contributed by atoms with Crippen molar-refractivity contribution in [2.24, 2.45) is 0 Å². The molecule has 1 aliphatic carbocycles. The van der Waals surface area contributed by atoms with Gasteiger partial charge < -0.3 is 15.0 Å². The van der Waals surface area contributed by atoms with Crippen molar-refractivity contribution >= 4 is 39.1 Å². The Morgan fingerprint density at radius 2 is 1.71 bits per heavy atom. The highest BCUT2D eigenvalue weighted by Crippen LogP contribution is 2.32. The topological polar surface area (TPSA) is 96.0 Å². The Kier molecular flexibility index (Phi) is 10.5. The van der Waals surface area contributed by atoms with Crippen molar-refractivity contribution in [3.63, 3.8) is 0 Å². The maximum atomic E-state index is 14.1. The van der Waals surface area contributed by atoms with Gasteiger partial charge in [0.25, 0.3) is 10.0 Å². The smallest absolute Gasteiger partial charge is 0.264 e. The van der Waals surface area contributed by atoms with E-state index in [2.05, 4.69) is 5.32 Å². The van der Waals surface area contributed by atoms with Crippen LogP contribution in [0.15, 0.2) is 77.7 Å². The number of carbonyl (C=O) groups is 2. The lowest BCUT2D eigenvalue weighted by molar-refractivity contribution is -0.140. The predicted molar refractivity (Wildman–Crippen MR) is 160 cm³/mol. The monoisotopic (exact) mass is 615 g/mol. The zero-order valence-electron chi connectivity index (χ0n) is 23.6. The second-order valence-electron chi connectivity index (χ2n) is 10.2. The SMILES string of the molecule is CC[C@@H](C(=O)NC1CCCC1)N(Cc1ccc(F)cc1)C(=O)CN(c1ccc(OC)c(Cl)c1)S(=O)(=O)c1ccccc1. The first-order valence-electron chi connectivity index (χ1n) is 13.9. The fourth-order valence-electron chi connectivity index (χ4n) is 5.13. The standard InChI is InChI=1S/C31H35ClFN3O5S/c1-3-28(31(38)34-24-9-7-8-10-24)35(20-22-13-15-23(33)16-14-22)30(37)21-36(25-17-18-29(41-2)27(32)19-25)42(39,40)26-11-5-4-6-12-26/h4-6,11-19,24,28H,3,7-10,20-21H2,1-2H3,(H,34,38)/t28-/m0/s1. The summed E-state index contributed by atoms with van der Waals surface area (Å²) >= 11 is 6.36. The van der Waals surface area contributed by atoms with Gasteiger partial charge in [0, 0.05) is 12.6 Å². The van der Waals surface area contributed by atoms with Gasteiger partial charge in [-0.15, -0.1) is 0 Å². The third-order valence-corrected chi connectivity index (χ3v) is 9.47. The molecule has 0 spiro atoms. The number of halogens is 2. The molecule has 1 aliphatic rings. The van der Waals surface area contributed by atoms with E-state index >= 15 is 0 Å².